The minimum Gasteiger partial charge on any atom is -0.317 e. The molecule has 0 radical (unpaired) electrons. The zero-order valence-electron chi connectivity index (χ0n) is 13.3. The predicted octanol–water partition coefficient (Wildman–Crippen LogP) is 3.40. The molecule has 0 aromatic heterocycles. The van der Waals surface area contributed by atoms with Crippen molar-refractivity contribution in [1.29, 1.82) is 0 Å². The lowest BCUT2D eigenvalue weighted by atomic mass is 9.94. The van der Waals surface area contributed by atoms with Gasteiger partial charge in [-0.15, -0.1) is 12.4 Å². The Kier molecular flexibility index (Phi) is 7.79. The molecule has 1 fully saturated rings. The van der Waals surface area contributed by atoms with Gasteiger partial charge in [0.05, 0.1) is 4.92 Å². The van der Waals surface area contributed by atoms with Crippen LogP contribution in [-0.2, 0) is 0 Å². The topological polar surface area (TPSA) is 58.4 Å². The Morgan fingerprint density at radius 1 is 1.36 bits per heavy atom. The highest BCUT2D eigenvalue weighted by Crippen LogP contribution is 2.31. The van der Waals surface area contributed by atoms with E-state index in [0.717, 1.165) is 50.5 Å². The molecule has 1 unspecified atom stereocenters. The number of nitro benzene ring substituents is 1. The summed E-state index contributed by atoms with van der Waals surface area (Å²) in [5.41, 5.74) is 1.06. The largest absolute Gasteiger partial charge is 0.317 e. The maximum atomic E-state index is 11.2. The number of benzene rings is 1. The van der Waals surface area contributed by atoms with Gasteiger partial charge in [-0.05, 0) is 51.9 Å². The summed E-state index contributed by atoms with van der Waals surface area (Å²) in [7, 11) is 0. The van der Waals surface area contributed by atoms with Crippen molar-refractivity contribution < 1.29 is 4.92 Å². The van der Waals surface area contributed by atoms with Crippen LogP contribution in [0, 0.1) is 16.0 Å². The molecule has 0 saturated carbocycles. The molecule has 124 valence electrons. The first-order chi connectivity index (χ1) is 10.1. The fourth-order valence-electron chi connectivity index (χ4n) is 3.10. The zero-order valence-corrected chi connectivity index (χ0v) is 14.1. The Bertz CT molecular complexity index is 476. The molecule has 0 aliphatic carbocycles. The van der Waals surface area contributed by atoms with E-state index in [2.05, 4.69) is 24.1 Å². The van der Waals surface area contributed by atoms with Gasteiger partial charge in [0.25, 0.3) is 5.69 Å². The van der Waals surface area contributed by atoms with E-state index in [1.54, 1.807) is 12.1 Å². The summed E-state index contributed by atoms with van der Waals surface area (Å²) in [6.07, 6.45) is 2.33. The van der Waals surface area contributed by atoms with Gasteiger partial charge >= 0.3 is 0 Å². The quantitative estimate of drug-likeness (QED) is 0.642. The highest BCUT2D eigenvalue weighted by atomic mass is 35.5. The molecule has 1 saturated heterocycles. The number of nitrogens with one attached hydrogen (secondary N) is 1. The molecule has 2 rings (SSSR count). The predicted molar refractivity (Wildman–Crippen MR) is 91.6 cm³/mol. The molecular weight excluding hydrogens is 302 g/mol. The van der Waals surface area contributed by atoms with Crippen LogP contribution in [0.5, 0.6) is 0 Å². The number of piperidine rings is 1. The molecule has 1 aromatic rings. The van der Waals surface area contributed by atoms with E-state index in [-0.39, 0.29) is 29.1 Å². The van der Waals surface area contributed by atoms with Crippen molar-refractivity contribution in [2.24, 2.45) is 5.92 Å². The molecule has 1 atom stereocenters. The Balaban J connectivity index is 0.00000242. The molecular formula is C16H26ClN3O2. The van der Waals surface area contributed by atoms with E-state index in [1.807, 2.05) is 12.1 Å². The van der Waals surface area contributed by atoms with Crippen molar-refractivity contribution in [3.63, 3.8) is 0 Å². The summed E-state index contributed by atoms with van der Waals surface area (Å²) in [6.45, 7) is 8.35. The second-order valence-electron chi connectivity index (χ2n) is 5.78. The number of halogens is 1. The van der Waals surface area contributed by atoms with E-state index in [4.69, 9.17) is 0 Å². The van der Waals surface area contributed by atoms with Crippen molar-refractivity contribution >= 4 is 18.1 Å². The minimum atomic E-state index is -0.274. The first-order valence-corrected chi connectivity index (χ1v) is 7.81. The second-order valence-corrected chi connectivity index (χ2v) is 5.78. The summed E-state index contributed by atoms with van der Waals surface area (Å²) in [5.74, 6) is 0.735. The van der Waals surface area contributed by atoms with Crippen LogP contribution in [0.1, 0.15) is 38.3 Å². The summed E-state index contributed by atoms with van der Waals surface area (Å²) >= 11 is 0. The highest BCUT2D eigenvalue weighted by Gasteiger charge is 2.27. The second kappa shape index (κ2) is 9.08. The van der Waals surface area contributed by atoms with E-state index in [9.17, 15) is 10.1 Å². The Hall–Kier alpha value is -1.17. The number of para-hydroxylation sites is 1. The summed E-state index contributed by atoms with van der Waals surface area (Å²) in [6, 6.07) is 7.21. The van der Waals surface area contributed by atoms with Crippen molar-refractivity contribution in [2.75, 3.05) is 26.2 Å². The SMILES string of the molecule is CCNCC1CCN(C(C)c2ccccc2[N+](=O)[O-])CC1.Cl. The fourth-order valence-corrected chi connectivity index (χ4v) is 3.10. The van der Waals surface area contributed by atoms with Gasteiger partial charge < -0.3 is 5.32 Å². The maximum Gasteiger partial charge on any atom is 0.274 e. The van der Waals surface area contributed by atoms with Crippen molar-refractivity contribution in [3.8, 4) is 0 Å². The lowest BCUT2D eigenvalue weighted by molar-refractivity contribution is -0.386. The van der Waals surface area contributed by atoms with E-state index in [1.165, 1.54) is 0 Å². The molecule has 22 heavy (non-hydrogen) atoms. The number of nitrogens with zero attached hydrogens (tertiary/aromatic N) is 2. The van der Waals surface area contributed by atoms with Crippen LogP contribution in [0.15, 0.2) is 24.3 Å². The summed E-state index contributed by atoms with van der Waals surface area (Å²) < 4.78 is 0. The smallest absolute Gasteiger partial charge is 0.274 e. The Morgan fingerprint density at radius 2 is 2.00 bits per heavy atom. The number of likely N-dealkylation sites (tertiary alicyclic amines) is 1. The number of hydrogen-bond acceptors (Lipinski definition) is 4. The third-order valence-corrected chi connectivity index (χ3v) is 4.46. The van der Waals surface area contributed by atoms with Gasteiger partial charge in [0.15, 0.2) is 0 Å². The molecule has 1 aliphatic rings. The summed E-state index contributed by atoms with van der Waals surface area (Å²) in [5, 5.41) is 14.6. The molecule has 1 heterocycles. The van der Waals surface area contributed by atoms with Crippen LogP contribution in [0.25, 0.3) is 0 Å². The van der Waals surface area contributed by atoms with Gasteiger partial charge in [0, 0.05) is 17.7 Å². The number of hydrogen-bond donors (Lipinski definition) is 1. The third kappa shape index (κ3) is 4.66. The van der Waals surface area contributed by atoms with Gasteiger partial charge in [-0.25, -0.2) is 0 Å². The molecule has 5 nitrogen and oxygen atoms in total. The lowest BCUT2D eigenvalue weighted by Crippen LogP contribution is -2.38. The fraction of sp³-hybridized carbons (Fsp3) is 0.625. The Morgan fingerprint density at radius 3 is 2.59 bits per heavy atom. The normalized spacial score (nSPS) is 17.7. The van der Waals surface area contributed by atoms with Crippen molar-refractivity contribution in [3.05, 3.63) is 39.9 Å². The van der Waals surface area contributed by atoms with Crippen molar-refractivity contribution in [2.45, 2.75) is 32.7 Å². The number of nitro groups is 1. The van der Waals surface area contributed by atoms with Gasteiger partial charge in [-0.2, -0.15) is 0 Å². The van der Waals surface area contributed by atoms with Crippen LogP contribution in [0.3, 0.4) is 0 Å². The molecule has 1 N–H and O–H groups in total. The minimum absolute atomic E-state index is 0. The van der Waals surface area contributed by atoms with Crippen LogP contribution < -0.4 is 5.32 Å². The van der Waals surface area contributed by atoms with E-state index in [0.29, 0.717) is 0 Å². The first kappa shape index (κ1) is 18.9. The van der Waals surface area contributed by atoms with Crippen LogP contribution in [0.2, 0.25) is 0 Å². The van der Waals surface area contributed by atoms with Crippen LogP contribution >= 0.6 is 12.4 Å². The zero-order chi connectivity index (χ0) is 15.2. The molecule has 0 amide bonds. The molecule has 0 bridgehead atoms. The average molecular weight is 328 g/mol. The first-order valence-electron chi connectivity index (χ1n) is 7.81. The maximum absolute atomic E-state index is 11.2. The summed E-state index contributed by atoms with van der Waals surface area (Å²) in [4.78, 5) is 13.2. The van der Waals surface area contributed by atoms with Gasteiger partial charge in [0.2, 0.25) is 0 Å². The highest BCUT2D eigenvalue weighted by molar-refractivity contribution is 5.85. The molecule has 1 aromatic carbocycles. The average Bonchev–Trinajstić information content (AvgIpc) is 2.52. The number of rotatable bonds is 6. The lowest BCUT2D eigenvalue weighted by Gasteiger charge is -2.36. The Labute approximate surface area is 138 Å². The van der Waals surface area contributed by atoms with Gasteiger partial charge in [0.1, 0.15) is 0 Å². The van der Waals surface area contributed by atoms with Gasteiger partial charge in [-0.3, -0.25) is 15.0 Å². The van der Waals surface area contributed by atoms with Gasteiger partial charge in [-0.1, -0.05) is 25.1 Å². The monoisotopic (exact) mass is 327 g/mol. The van der Waals surface area contributed by atoms with Crippen LogP contribution in [0.4, 0.5) is 5.69 Å². The van der Waals surface area contributed by atoms with E-state index >= 15 is 0 Å². The molecule has 0 spiro atoms. The van der Waals surface area contributed by atoms with Crippen LogP contribution in [-0.4, -0.2) is 36.0 Å². The van der Waals surface area contributed by atoms with Crippen molar-refractivity contribution in [1.82, 2.24) is 10.2 Å². The molecule has 6 heteroatoms. The van der Waals surface area contributed by atoms with E-state index < -0.39 is 0 Å². The molecule has 1 aliphatic heterocycles. The standard InChI is InChI=1S/C16H25N3O2.ClH/c1-3-17-12-14-8-10-18(11-9-14)13(2)15-6-4-5-7-16(15)19(20)21;/h4-7,13-14,17H,3,8-12H2,1-2H3;1H. The third-order valence-electron chi connectivity index (χ3n) is 4.46.